The third-order valence-corrected chi connectivity index (χ3v) is 3.05. The van der Waals surface area contributed by atoms with Crippen molar-refractivity contribution >= 4 is 17.3 Å². The average molecular weight is 250 g/mol. The molecule has 1 aromatic rings. The fourth-order valence-corrected chi connectivity index (χ4v) is 1.77. The first-order valence-corrected chi connectivity index (χ1v) is 5.67. The number of benzene rings is 1. The van der Waals surface area contributed by atoms with E-state index in [4.69, 9.17) is 5.84 Å². The number of hydrogen-bond donors (Lipinski definition) is 3. The lowest BCUT2D eigenvalue weighted by molar-refractivity contribution is -0.384. The summed E-state index contributed by atoms with van der Waals surface area (Å²) in [5, 5.41) is 13.6. The molecule has 1 saturated carbocycles. The van der Waals surface area contributed by atoms with Gasteiger partial charge >= 0.3 is 0 Å². The molecule has 1 amide bonds. The second-order valence-electron chi connectivity index (χ2n) is 4.23. The molecule has 4 N–H and O–H groups in total. The van der Waals surface area contributed by atoms with Crippen LogP contribution in [0.15, 0.2) is 18.2 Å². The highest BCUT2D eigenvalue weighted by atomic mass is 16.6. The van der Waals surface area contributed by atoms with Crippen molar-refractivity contribution in [3.05, 3.63) is 33.9 Å². The second kappa shape index (κ2) is 5.01. The van der Waals surface area contributed by atoms with E-state index in [1.54, 1.807) is 0 Å². The lowest BCUT2D eigenvalue weighted by Crippen LogP contribution is -2.39. The van der Waals surface area contributed by atoms with Gasteiger partial charge in [-0.2, -0.15) is 0 Å². The van der Waals surface area contributed by atoms with Crippen LogP contribution in [0.2, 0.25) is 0 Å². The summed E-state index contributed by atoms with van der Waals surface area (Å²) in [6.45, 7) is 0. The highest BCUT2D eigenvalue weighted by molar-refractivity contribution is 5.95. The number of nitrogens with one attached hydrogen (secondary N) is 2. The summed E-state index contributed by atoms with van der Waals surface area (Å²) in [7, 11) is 0. The number of carbonyl (C=O) groups is 1. The highest BCUT2D eigenvalue weighted by Gasteiger charge is 2.22. The number of nitrogens with zero attached hydrogens (tertiary/aromatic N) is 1. The van der Waals surface area contributed by atoms with E-state index in [9.17, 15) is 14.9 Å². The van der Waals surface area contributed by atoms with Gasteiger partial charge in [-0.3, -0.25) is 20.8 Å². The Morgan fingerprint density at radius 3 is 2.67 bits per heavy atom. The lowest BCUT2D eigenvalue weighted by Gasteiger charge is -2.26. The van der Waals surface area contributed by atoms with Gasteiger partial charge < -0.3 is 10.7 Å². The summed E-state index contributed by atoms with van der Waals surface area (Å²) < 4.78 is 0. The van der Waals surface area contributed by atoms with E-state index >= 15 is 0 Å². The minimum absolute atomic E-state index is 0.181. The fraction of sp³-hybridized carbons (Fsp3) is 0.364. The Kier molecular flexibility index (Phi) is 3.42. The zero-order valence-electron chi connectivity index (χ0n) is 9.68. The largest absolute Gasteiger partial charge is 0.349 e. The number of nitro groups is 1. The normalized spacial score (nSPS) is 14.7. The number of hydrazine groups is 1. The molecule has 0 radical (unpaired) electrons. The third kappa shape index (κ3) is 2.40. The van der Waals surface area contributed by atoms with Gasteiger partial charge in [-0.15, -0.1) is 0 Å². The minimum Gasteiger partial charge on any atom is -0.349 e. The van der Waals surface area contributed by atoms with Gasteiger partial charge in [0, 0.05) is 17.7 Å². The molecule has 0 atom stereocenters. The number of amides is 1. The predicted molar refractivity (Wildman–Crippen MR) is 66.0 cm³/mol. The Morgan fingerprint density at radius 1 is 1.44 bits per heavy atom. The maximum Gasteiger partial charge on any atom is 0.294 e. The molecule has 1 aromatic carbocycles. The number of rotatable bonds is 4. The first-order valence-electron chi connectivity index (χ1n) is 5.67. The Balaban J connectivity index is 2.19. The van der Waals surface area contributed by atoms with Gasteiger partial charge in [-0.05, 0) is 31.4 Å². The van der Waals surface area contributed by atoms with Gasteiger partial charge in [0.05, 0.1) is 4.92 Å². The Bertz CT molecular complexity index is 485. The third-order valence-electron chi connectivity index (χ3n) is 3.05. The molecule has 0 spiro atoms. The molecule has 0 aromatic heterocycles. The van der Waals surface area contributed by atoms with Crippen molar-refractivity contribution in [2.24, 2.45) is 5.84 Å². The van der Waals surface area contributed by atoms with Crippen LogP contribution in [0, 0.1) is 10.1 Å². The van der Waals surface area contributed by atoms with Crippen LogP contribution in [-0.2, 0) is 0 Å². The molecule has 1 fully saturated rings. The molecule has 7 nitrogen and oxygen atoms in total. The molecular formula is C11H14N4O3. The zero-order chi connectivity index (χ0) is 13.1. The topological polar surface area (TPSA) is 110 Å². The summed E-state index contributed by atoms with van der Waals surface area (Å²) >= 11 is 0. The standard InChI is InChI=1S/C11H14N4O3/c12-14-9-5-4-7(6-10(9)15(17)18)11(16)13-8-2-1-3-8/h4-6,8,14H,1-3,12H2,(H,13,16). The van der Waals surface area contributed by atoms with Crippen LogP contribution in [0.5, 0.6) is 0 Å². The van der Waals surface area contributed by atoms with Crippen molar-refractivity contribution in [1.82, 2.24) is 5.32 Å². The van der Waals surface area contributed by atoms with Crippen LogP contribution in [0.1, 0.15) is 29.6 Å². The van der Waals surface area contributed by atoms with Crippen LogP contribution in [0.3, 0.4) is 0 Å². The van der Waals surface area contributed by atoms with Gasteiger partial charge in [0.25, 0.3) is 11.6 Å². The molecule has 1 aliphatic rings. The van der Waals surface area contributed by atoms with E-state index in [1.165, 1.54) is 18.2 Å². The molecule has 2 rings (SSSR count). The first kappa shape index (κ1) is 12.3. The van der Waals surface area contributed by atoms with E-state index in [0.717, 1.165) is 19.3 Å². The summed E-state index contributed by atoms with van der Waals surface area (Å²) in [5.74, 6) is 4.89. The van der Waals surface area contributed by atoms with Gasteiger partial charge in [0.1, 0.15) is 5.69 Å². The summed E-state index contributed by atoms with van der Waals surface area (Å²) in [4.78, 5) is 22.1. The van der Waals surface area contributed by atoms with E-state index < -0.39 is 4.92 Å². The number of carbonyl (C=O) groups excluding carboxylic acids is 1. The Morgan fingerprint density at radius 2 is 2.17 bits per heavy atom. The molecule has 0 heterocycles. The maximum atomic E-state index is 11.8. The molecule has 96 valence electrons. The Labute approximate surface area is 103 Å². The SMILES string of the molecule is NNc1ccc(C(=O)NC2CCC2)cc1[N+](=O)[O-]. The molecule has 0 saturated heterocycles. The maximum absolute atomic E-state index is 11.8. The van der Waals surface area contributed by atoms with E-state index in [0.29, 0.717) is 0 Å². The van der Waals surface area contributed by atoms with Crippen molar-refractivity contribution in [2.75, 3.05) is 5.43 Å². The van der Waals surface area contributed by atoms with E-state index in [-0.39, 0.29) is 28.9 Å². The number of anilines is 1. The molecular weight excluding hydrogens is 236 g/mol. The van der Waals surface area contributed by atoms with Crippen molar-refractivity contribution in [3.63, 3.8) is 0 Å². The minimum atomic E-state index is -0.574. The van der Waals surface area contributed by atoms with Crippen molar-refractivity contribution in [1.29, 1.82) is 0 Å². The van der Waals surface area contributed by atoms with Crippen LogP contribution >= 0.6 is 0 Å². The van der Waals surface area contributed by atoms with Crippen molar-refractivity contribution in [3.8, 4) is 0 Å². The van der Waals surface area contributed by atoms with Gasteiger partial charge in [-0.1, -0.05) is 0 Å². The Hall–Kier alpha value is -2.15. The van der Waals surface area contributed by atoms with Crippen LogP contribution in [0.25, 0.3) is 0 Å². The first-order chi connectivity index (χ1) is 8.61. The number of nitro benzene ring substituents is 1. The van der Waals surface area contributed by atoms with Crippen LogP contribution in [0.4, 0.5) is 11.4 Å². The monoisotopic (exact) mass is 250 g/mol. The molecule has 7 heteroatoms. The predicted octanol–water partition coefficient (Wildman–Crippen LogP) is 1.16. The molecule has 0 aliphatic heterocycles. The summed E-state index contributed by atoms with van der Waals surface area (Å²) in [6.07, 6.45) is 3.05. The molecule has 0 unspecified atom stereocenters. The van der Waals surface area contributed by atoms with Crippen molar-refractivity contribution in [2.45, 2.75) is 25.3 Å². The van der Waals surface area contributed by atoms with E-state index in [1.807, 2.05) is 0 Å². The number of nitrogen functional groups attached to an aromatic ring is 1. The molecule has 18 heavy (non-hydrogen) atoms. The molecule has 1 aliphatic carbocycles. The number of hydrogen-bond acceptors (Lipinski definition) is 5. The van der Waals surface area contributed by atoms with Gasteiger partial charge in [0.15, 0.2) is 0 Å². The van der Waals surface area contributed by atoms with Crippen molar-refractivity contribution < 1.29 is 9.72 Å². The van der Waals surface area contributed by atoms with Gasteiger partial charge in [-0.25, -0.2) is 0 Å². The van der Waals surface area contributed by atoms with Gasteiger partial charge in [0.2, 0.25) is 0 Å². The summed E-state index contributed by atoms with van der Waals surface area (Å²) in [5.41, 5.74) is 2.47. The van der Waals surface area contributed by atoms with E-state index in [2.05, 4.69) is 10.7 Å². The number of nitrogens with two attached hydrogens (primary N) is 1. The van der Waals surface area contributed by atoms with Crippen LogP contribution in [-0.4, -0.2) is 16.9 Å². The summed E-state index contributed by atoms with van der Waals surface area (Å²) in [6, 6.07) is 4.36. The molecule has 0 bridgehead atoms. The quantitative estimate of drug-likeness (QED) is 0.422. The highest BCUT2D eigenvalue weighted by Crippen LogP contribution is 2.25. The smallest absolute Gasteiger partial charge is 0.294 e. The fourth-order valence-electron chi connectivity index (χ4n) is 1.77. The lowest BCUT2D eigenvalue weighted by atomic mass is 9.93. The average Bonchev–Trinajstić information content (AvgIpc) is 2.32. The second-order valence-corrected chi connectivity index (χ2v) is 4.23. The van der Waals surface area contributed by atoms with Crippen LogP contribution < -0.4 is 16.6 Å². The zero-order valence-corrected chi connectivity index (χ0v) is 9.68.